The third-order valence-corrected chi connectivity index (χ3v) is 6.58. The molecule has 0 aliphatic heterocycles. The van der Waals surface area contributed by atoms with Crippen molar-refractivity contribution in [1.29, 1.82) is 0 Å². The van der Waals surface area contributed by atoms with Gasteiger partial charge >= 0.3 is 0 Å². The van der Waals surface area contributed by atoms with E-state index in [4.69, 9.17) is 32.7 Å². The number of rotatable bonds is 8. The second-order valence-electron chi connectivity index (χ2n) is 6.62. The highest BCUT2D eigenvalue weighted by Crippen LogP contribution is 2.27. The molecule has 1 amide bonds. The lowest BCUT2D eigenvalue weighted by molar-refractivity contribution is 0.0950. The number of hydrogen-bond donors (Lipinski definition) is 2. The van der Waals surface area contributed by atoms with Crippen molar-refractivity contribution in [2.45, 2.75) is 11.4 Å². The van der Waals surface area contributed by atoms with E-state index in [1.54, 1.807) is 37.4 Å². The molecule has 32 heavy (non-hydrogen) atoms. The van der Waals surface area contributed by atoms with E-state index in [-0.39, 0.29) is 32.7 Å². The third kappa shape index (κ3) is 5.64. The van der Waals surface area contributed by atoms with Crippen molar-refractivity contribution < 1.29 is 22.7 Å². The summed E-state index contributed by atoms with van der Waals surface area (Å²) in [5.41, 5.74) is 1.20. The molecule has 3 rings (SSSR count). The summed E-state index contributed by atoms with van der Waals surface area (Å²) < 4.78 is 38.4. The first-order valence-corrected chi connectivity index (χ1v) is 11.5. The van der Waals surface area contributed by atoms with Crippen LogP contribution in [0.5, 0.6) is 11.5 Å². The Morgan fingerprint density at radius 1 is 0.969 bits per heavy atom. The topological polar surface area (TPSA) is 93.7 Å². The van der Waals surface area contributed by atoms with Crippen molar-refractivity contribution in [3.8, 4) is 11.5 Å². The second kappa shape index (κ2) is 10.1. The molecular formula is C22H20Cl2N2O5S. The number of nitrogens with one attached hydrogen (secondary N) is 2. The summed E-state index contributed by atoms with van der Waals surface area (Å²) in [6.45, 7) is 0.188. The number of halogens is 2. The molecule has 3 aromatic carbocycles. The highest BCUT2D eigenvalue weighted by Gasteiger charge is 2.19. The minimum absolute atomic E-state index is 0.0306. The molecule has 0 heterocycles. The number of benzene rings is 3. The van der Waals surface area contributed by atoms with Crippen LogP contribution in [-0.2, 0) is 16.6 Å². The maximum Gasteiger partial charge on any atom is 0.263 e. The van der Waals surface area contributed by atoms with E-state index in [1.807, 2.05) is 0 Å². The molecule has 2 N–H and O–H groups in total. The Morgan fingerprint density at radius 2 is 1.75 bits per heavy atom. The fourth-order valence-electron chi connectivity index (χ4n) is 2.91. The molecule has 168 valence electrons. The fourth-order valence-corrected chi connectivity index (χ4v) is 4.73. The smallest absolute Gasteiger partial charge is 0.263 e. The van der Waals surface area contributed by atoms with Gasteiger partial charge in [-0.15, -0.1) is 0 Å². The molecule has 0 spiro atoms. The monoisotopic (exact) mass is 494 g/mol. The zero-order chi connectivity index (χ0) is 23.3. The van der Waals surface area contributed by atoms with E-state index < -0.39 is 15.9 Å². The molecular weight excluding hydrogens is 475 g/mol. The number of methoxy groups -OCH3 is 2. The molecule has 0 saturated heterocycles. The molecule has 0 fully saturated rings. The van der Waals surface area contributed by atoms with Crippen LogP contribution >= 0.6 is 23.2 Å². The van der Waals surface area contributed by atoms with Crippen molar-refractivity contribution >= 4 is 44.8 Å². The largest absolute Gasteiger partial charge is 0.497 e. The number of carbonyl (C=O) groups is 1. The van der Waals surface area contributed by atoms with Crippen LogP contribution in [0.25, 0.3) is 0 Å². The van der Waals surface area contributed by atoms with Crippen molar-refractivity contribution in [3.05, 3.63) is 81.8 Å². The van der Waals surface area contributed by atoms with Gasteiger partial charge in [0.25, 0.3) is 15.9 Å². The summed E-state index contributed by atoms with van der Waals surface area (Å²) >= 11 is 11.9. The van der Waals surface area contributed by atoms with Crippen LogP contribution in [0.15, 0.2) is 65.6 Å². The van der Waals surface area contributed by atoms with Gasteiger partial charge in [-0.25, -0.2) is 8.42 Å². The first-order valence-electron chi connectivity index (χ1n) is 9.30. The summed E-state index contributed by atoms with van der Waals surface area (Å²) in [4.78, 5) is 12.5. The molecule has 3 aromatic rings. The highest BCUT2D eigenvalue weighted by molar-refractivity contribution is 7.92. The van der Waals surface area contributed by atoms with E-state index in [1.165, 1.54) is 37.4 Å². The minimum atomic E-state index is -4.01. The number of ether oxygens (including phenoxy) is 2. The number of carbonyl (C=O) groups excluding carboxylic acids is 1. The Bertz CT molecular complexity index is 1250. The van der Waals surface area contributed by atoms with Gasteiger partial charge in [0.05, 0.1) is 19.2 Å². The Morgan fingerprint density at radius 3 is 2.47 bits per heavy atom. The molecule has 0 atom stereocenters. The van der Waals surface area contributed by atoms with Gasteiger partial charge in [0.2, 0.25) is 0 Å². The van der Waals surface area contributed by atoms with Gasteiger partial charge in [-0.3, -0.25) is 9.52 Å². The van der Waals surface area contributed by atoms with Crippen molar-refractivity contribution in [2.75, 3.05) is 18.9 Å². The Balaban J connectivity index is 1.76. The Kier molecular flexibility index (Phi) is 7.50. The highest BCUT2D eigenvalue weighted by atomic mass is 35.5. The average Bonchev–Trinajstić information content (AvgIpc) is 2.78. The second-order valence-corrected chi connectivity index (χ2v) is 9.12. The van der Waals surface area contributed by atoms with Gasteiger partial charge in [0, 0.05) is 28.4 Å². The first kappa shape index (κ1) is 23.7. The van der Waals surface area contributed by atoms with E-state index in [0.717, 1.165) is 5.56 Å². The lowest BCUT2D eigenvalue weighted by Crippen LogP contribution is -2.23. The van der Waals surface area contributed by atoms with E-state index in [2.05, 4.69) is 10.0 Å². The fraction of sp³-hybridized carbons (Fsp3) is 0.136. The summed E-state index contributed by atoms with van der Waals surface area (Å²) in [6.07, 6.45) is 0. The van der Waals surface area contributed by atoms with Crippen LogP contribution in [0.3, 0.4) is 0 Å². The molecule has 0 aliphatic rings. The molecule has 0 saturated carbocycles. The molecule has 7 nitrogen and oxygen atoms in total. The Hall–Kier alpha value is -2.94. The first-order chi connectivity index (χ1) is 15.2. The minimum Gasteiger partial charge on any atom is -0.497 e. The SMILES string of the molecule is COc1ccc(OC)c(CNC(=O)c2cccc(NS(=O)(=O)c3cc(Cl)ccc3Cl)c2)c1. The lowest BCUT2D eigenvalue weighted by atomic mass is 10.1. The van der Waals surface area contributed by atoms with Gasteiger partial charge < -0.3 is 14.8 Å². The zero-order valence-corrected chi connectivity index (χ0v) is 19.5. The van der Waals surface area contributed by atoms with E-state index in [0.29, 0.717) is 11.5 Å². The number of amides is 1. The van der Waals surface area contributed by atoms with E-state index in [9.17, 15) is 13.2 Å². The predicted octanol–water partition coefficient (Wildman–Crippen LogP) is 4.74. The van der Waals surface area contributed by atoms with E-state index >= 15 is 0 Å². The molecule has 0 unspecified atom stereocenters. The zero-order valence-electron chi connectivity index (χ0n) is 17.2. The van der Waals surface area contributed by atoms with Gasteiger partial charge in [0.15, 0.2) is 0 Å². The molecule has 0 aromatic heterocycles. The molecule has 0 radical (unpaired) electrons. The van der Waals surface area contributed by atoms with Gasteiger partial charge in [-0.05, 0) is 54.6 Å². The van der Waals surface area contributed by atoms with Crippen LogP contribution < -0.4 is 19.5 Å². The maximum absolute atomic E-state index is 12.7. The number of hydrogen-bond acceptors (Lipinski definition) is 5. The van der Waals surface area contributed by atoms with Gasteiger partial charge in [-0.2, -0.15) is 0 Å². The standard InChI is InChI=1S/C22H20Cl2N2O5S/c1-30-18-7-9-20(31-2)15(11-18)13-25-22(27)14-4-3-5-17(10-14)26-32(28,29)21-12-16(23)6-8-19(21)24/h3-12,26H,13H2,1-2H3,(H,25,27). The lowest BCUT2D eigenvalue weighted by Gasteiger charge is -2.13. The third-order valence-electron chi connectivity index (χ3n) is 4.49. The quantitative estimate of drug-likeness (QED) is 0.471. The molecule has 10 heteroatoms. The average molecular weight is 495 g/mol. The maximum atomic E-state index is 12.7. The van der Waals surface area contributed by atoms with Gasteiger partial charge in [0.1, 0.15) is 16.4 Å². The van der Waals surface area contributed by atoms with Gasteiger partial charge in [-0.1, -0.05) is 29.3 Å². The van der Waals surface area contributed by atoms with Crippen LogP contribution in [0.2, 0.25) is 10.0 Å². The normalized spacial score (nSPS) is 11.0. The van der Waals surface area contributed by atoms with Crippen molar-refractivity contribution in [1.82, 2.24) is 5.32 Å². The van der Waals surface area contributed by atoms with Crippen LogP contribution in [0, 0.1) is 0 Å². The predicted molar refractivity (Wildman–Crippen MR) is 124 cm³/mol. The van der Waals surface area contributed by atoms with Crippen LogP contribution in [0.4, 0.5) is 5.69 Å². The summed E-state index contributed by atoms with van der Waals surface area (Å²) in [6, 6.07) is 15.5. The van der Waals surface area contributed by atoms with Crippen LogP contribution in [-0.4, -0.2) is 28.5 Å². The summed E-state index contributed by atoms with van der Waals surface area (Å²) in [5.74, 6) is 0.842. The van der Waals surface area contributed by atoms with Crippen molar-refractivity contribution in [3.63, 3.8) is 0 Å². The number of sulfonamides is 1. The summed E-state index contributed by atoms with van der Waals surface area (Å²) in [5, 5.41) is 3.05. The molecule has 0 aliphatic carbocycles. The van der Waals surface area contributed by atoms with Crippen LogP contribution in [0.1, 0.15) is 15.9 Å². The van der Waals surface area contributed by atoms with Crippen molar-refractivity contribution in [2.24, 2.45) is 0 Å². The number of anilines is 1. The Labute approximate surface area is 196 Å². The summed E-state index contributed by atoms with van der Waals surface area (Å²) in [7, 11) is -0.924. The molecule has 0 bridgehead atoms.